The fourth-order valence-electron chi connectivity index (χ4n) is 2.79. The number of nitrogens with zero attached hydrogens (tertiary/aromatic N) is 3. The molecule has 2 aromatic rings. The molecule has 6 heteroatoms. The van der Waals surface area contributed by atoms with Crippen LogP contribution in [0.15, 0.2) is 24.5 Å². The Bertz CT molecular complexity index is 631. The summed E-state index contributed by atoms with van der Waals surface area (Å²) in [4.78, 5) is 10.5. The third kappa shape index (κ3) is 3.28. The highest BCUT2D eigenvalue weighted by Gasteiger charge is 2.24. The van der Waals surface area contributed by atoms with Gasteiger partial charge in [0.15, 0.2) is 0 Å². The van der Waals surface area contributed by atoms with E-state index in [4.69, 9.17) is 15.6 Å². The summed E-state index contributed by atoms with van der Waals surface area (Å²) in [6.45, 7) is 2.34. The van der Waals surface area contributed by atoms with Gasteiger partial charge in [-0.15, -0.1) is 0 Å². The third-order valence-electron chi connectivity index (χ3n) is 4.26. The van der Waals surface area contributed by atoms with Crippen LogP contribution in [0.3, 0.4) is 0 Å². The lowest BCUT2D eigenvalue weighted by Gasteiger charge is -2.37. The van der Waals surface area contributed by atoms with Gasteiger partial charge < -0.3 is 15.6 Å². The molecular weight excluding hydrogens is 280 g/mol. The van der Waals surface area contributed by atoms with Crippen LogP contribution in [0.4, 0.5) is 5.82 Å². The molecule has 0 atom stereocenters. The summed E-state index contributed by atoms with van der Waals surface area (Å²) >= 11 is 0. The zero-order valence-corrected chi connectivity index (χ0v) is 12.6. The minimum atomic E-state index is 0.197. The molecule has 1 aromatic heterocycles. The normalized spacial score (nSPS) is 15.2. The lowest BCUT2D eigenvalue weighted by Crippen LogP contribution is -2.43. The van der Waals surface area contributed by atoms with E-state index in [9.17, 15) is 0 Å². The summed E-state index contributed by atoms with van der Waals surface area (Å²) in [7, 11) is 0. The maximum Gasteiger partial charge on any atom is 0.134 e. The van der Waals surface area contributed by atoms with Crippen molar-refractivity contribution in [2.75, 3.05) is 32.0 Å². The van der Waals surface area contributed by atoms with Crippen molar-refractivity contribution in [2.24, 2.45) is 0 Å². The molecule has 3 rings (SSSR count). The number of anilines is 1. The van der Waals surface area contributed by atoms with Crippen molar-refractivity contribution in [3.63, 3.8) is 0 Å². The number of rotatable bonds is 7. The van der Waals surface area contributed by atoms with Gasteiger partial charge in [-0.25, -0.2) is 9.97 Å². The van der Waals surface area contributed by atoms with Crippen LogP contribution in [0.2, 0.25) is 0 Å². The Morgan fingerprint density at radius 3 is 2.86 bits per heavy atom. The van der Waals surface area contributed by atoms with Gasteiger partial charge in [0.25, 0.3) is 0 Å². The van der Waals surface area contributed by atoms with Crippen LogP contribution in [0.5, 0.6) is 5.75 Å². The minimum absolute atomic E-state index is 0.197. The molecule has 0 spiro atoms. The van der Waals surface area contributed by atoms with Crippen molar-refractivity contribution < 1.29 is 9.84 Å². The first-order chi connectivity index (χ1) is 10.8. The van der Waals surface area contributed by atoms with Crippen molar-refractivity contribution in [1.82, 2.24) is 14.9 Å². The molecule has 0 saturated heterocycles. The van der Waals surface area contributed by atoms with E-state index < -0.39 is 0 Å². The summed E-state index contributed by atoms with van der Waals surface area (Å²) < 4.78 is 5.83. The van der Waals surface area contributed by atoms with Gasteiger partial charge in [0.1, 0.15) is 24.5 Å². The number of nitrogens with two attached hydrogens (primary N) is 1. The topological polar surface area (TPSA) is 84.5 Å². The Hall–Kier alpha value is -1.92. The highest BCUT2D eigenvalue weighted by Crippen LogP contribution is 2.25. The fourth-order valence-corrected chi connectivity index (χ4v) is 2.79. The first kappa shape index (κ1) is 15.0. The average molecular weight is 302 g/mol. The molecule has 22 heavy (non-hydrogen) atoms. The van der Waals surface area contributed by atoms with Crippen LogP contribution in [0.1, 0.15) is 19.3 Å². The molecule has 0 unspecified atom stereocenters. The molecule has 3 N–H and O–H groups in total. The quantitative estimate of drug-likeness (QED) is 0.805. The van der Waals surface area contributed by atoms with Crippen molar-refractivity contribution in [3.05, 3.63) is 24.5 Å². The fraction of sp³-hybridized carbons (Fsp3) is 0.500. The van der Waals surface area contributed by atoms with Gasteiger partial charge >= 0.3 is 0 Å². The van der Waals surface area contributed by atoms with Gasteiger partial charge in [0, 0.05) is 30.6 Å². The second-order valence-electron chi connectivity index (χ2n) is 5.63. The van der Waals surface area contributed by atoms with Gasteiger partial charge in [0.05, 0.1) is 12.1 Å². The van der Waals surface area contributed by atoms with Crippen LogP contribution in [-0.2, 0) is 0 Å². The number of nitrogen functional groups attached to an aromatic ring is 1. The minimum Gasteiger partial charge on any atom is -0.492 e. The van der Waals surface area contributed by atoms with E-state index >= 15 is 0 Å². The predicted molar refractivity (Wildman–Crippen MR) is 85.7 cm³/mol. The Labute approximate surface area is 129 Å². The smallest absolute Gasteiger partial charge is 0.134 e. The number of aromatic nitrogens is 2. The molecule has 0 aliphatic heterocycles. The van der Waals surface area contributed by atoms with Gasteiger partial charge in [-0.3, -0.25) is 4.90 Å². The van der Waals surface area contributed by atoms with E-state index in [0.29, 0.717) is 18.5 Å². The second kappa shape index (κ2) is 6.89. The van der Waals surface area contributed by atoms with Gasteiger partial charge in [-0.2, -0.15) is 0 Å². The highest BCUT2D eigenvalue weighted by atomic mass is 16.5. The molecule has 1 aliphatic rings. The van der Waals surface area contributed by atoms with E-state index in [2.05, 4.69) is 14.9 Å². The Morgan fingerprint density at radius 2 is 2.14 bits per heavy atom. The van der Waals surface area contributed by atoms with E-state index in [1.807, 2.05) is 18.2 Å². The first-order valence-corrected chi connectivity index (χ1v) is 7.76. The number of fused-ring (bicyclic) bond motifs is 1. The molecular formula is C16H22N4O2. The summed E-state index contributed by atoms with van der Waals surface area (Å²) in [6, 6.07) is 6.27. The molecule has 0 amide bonds. The number of benzene rings is 1. The van der Waals surface area contributed by atoms with Crippen LogP contribution >= 0.6 is 0 Å². The molecule has 1 aliphatic carbocycles. The summed E-state index contributed by atoms with van der Waals surface area (Å²) in [5.41, 5.74) is 6.60. The van der Waals surface area contributed by atoms with E-state index in [-0.39, 0.29) is 6.61 Å². The Balaban J connectivity index is 1.58. The number of aliphatic hydroxyl groups is 1. The van der Waals surface area contributed by atoms with Gasteiger partial charge in [0.2, 0.25) is 0 Å². The molecule has 118 valence electrons. The number of hydrogen-bond donors (Lipinski definition) is 2. The summed E-state index contributed by atoms with van der Waals surface area (Å²) in [6.07, 6.45) is 5.21. The molecule has 6 nitrogen and oxygen atoms in total. The lowest BCUT2D eigenvalue weighted by atomic mass is 9.91. The van der Waals surface area contributed by atoms with Crippen molar-refractivity contribution >= 4 is 16.7 Å². The molecule has 1 aromatic carbocycles. The Morgan fingerprint density at radius 1 is 1.27 bits per heavy atom. The van der Waals surface area contributed by atoms with Gasteiger partial charge in [-0.05, 0) is 25.0 Å². The number of ether oxygens (including phenoxy) is 1. The standard InChI is InChI=1S/C16H22N4O2/c17-16-14-5-4-13(10-15(14)18-11-19-16)22-9-7-20(6-8-21)12-2-1-3-12/h4-5,10-12,21H,1-3,6-9H2,(H2,17,18,19). The highest BCUT2D eigenvalue weighted by molar-refractivity contribution is 5.88. The molecule has 1 saturated carbocycles. The SMILES string of the molecule is Nc1ncnc2cc(OCCN(CCO)C3CCC3)ccc12. The molecule has 0 bridgehead atoms. The monoisotopic (exact) mass is 302 g/mol. The number of aliphatic hydroxyl groups excluding tert-OH is 1. The van der Waals surface area contributed by atoms with Crippen LogP contribution < -0.4 is 10.5 Å². The average Bonchev–Trinajstić information content (AvgIpc) is 2.46. The lowest BCUT2D eigenvalue weighted by molar-refractivity contribution is 0.0860. The van der Waals surface area contributed by atoms with E-state index in [1.54, 1.807) is 0 Å². The van der Waals surface area contributed by atoms with Gasteiger partial charge in [-0.1, -0.05) is 6.42 Å². The zero-order chi connectivity index (χ0) is 15.4. The van der Waals surface area contributed by atoms with Crippen molar-refractivity contribution in [1.29, 1.82) is 0 Å². The largest absolute Gasteiger partial charge is 0.492 e. The van der Waals surface area contributed by atoms with Crippen LogP contribution in [0, 0.1) is 0 Å². The zero-order valence-electron chi connectivity index (χ0n) is 12.6. The number of hydrogen-bond acceptors (Lipinski definition) is 6. The predicted octanol–water partition coefficient (Wildman–Crippen LogP) is 1.44. The van der Waals surface area contributed by atoms with Crippen LogP contribution in [0.25, 0.3) is 10.9 Å². The van der Waals surface area contributed by atoms with E-state index in [0.717, 1.165) is 29.7 Å². The first-order valence-electron chi connectivity index (χ1n) is 7.76. The Kier molecular flexibility index (Phi) is 4.70. The molecule has 1 heterocycles. The maximum absolute atomic E-state index is 9.16. The second-order valence-corrected chi connectivity index (χ2v) is 5.63. The van der Waals surface area contributed by atoms with Crippen molar-refractivity contribution in [2.45, 2.75) is 25.3 Å². The van der Waals surface area contributed by atoms with Crippen LogP contribution in [-0.4, -0.2) is 52.3 Å². The molecule has 1 fully saturated rings. The summed E-state index contributed by atoms with van der Waals surface area (Å²) in [5.74, 6) is 1.26. The maximum atomic E-state index is 9.16. The van der Waals surface area contributed by atoms with E-state index in [1.165, 1.54) is 25.6 Å². The molecule has 0 radical (unpaired) electrons. The third-order valence-corrected chi connectivity index (χ3v) is 4.26. The van der Waals surface area contributed by atoms with Crippen molar-refractivity contribution in [3.8, 4) is 5.75 Å². The summed E-state index contributed by atoms with van der Waals surface area (Å²) in [5, 5.41) is 10.00.